The van der Waals surface area contributed by atoms with E-state index in [9.17, 15) is 4.79 Å². The number of hydrogen-bond donors (Lipinski definition) is 2. The van der Waals surface area contributed by atoms with Gasteiger partial charge in [0.1, 0.15) is 0 Å². The number of amides is 2. The van der Waals surface area contributed by atoms with E-state index < -0.39 is 0 Å². The Balaban J connectivity index is 1.55. The van der Waals surface area contributed by atoms with Crippen LogP contribution in [0.25, 0.3) is 0 Å². The van der Waals surface area contributed by atoms with E-state index in [-0.39, 0.29) is 18.2 Å². The summed E-state index contributed by atoms with van der Waals surface area (Å²) >= 11 is 0. The Morgan fingerprint density at radius 2 is 2.04 bits per heavy atom. The minimum absolute atomic E-state index is 0.143. The number of urea groups is 1. The Labute approximate surface area is 142 Å². The van der Waals surface area contributed by atoms with Gasteiger partial charge in [-0.3, -0.25) is 4.90 Å². The van der Waals surface area contributed by atoms with Crippen LogP contribution in [0.2, 0.25) is 0 Å². The van der Waals surface area contributed by atoms with E-state index >= 15 is 0 Å². The lowest BCUT2D eigenvalue weighted by atomic mass is 10.1. The SMILES string of the molecule is COc1ccc(NC(=O)N[C@H]2C[C@H]3CO[C@@H](C)CN3C2)cc1OC. The van der Waals surface area contributed by atoms with E-state index in [1.54, 1.807) is 32.4 Å². The lowest BCUT2D eigenvalue weighted by Gasteiger charge is -2.33. The number of carbonyl (C=O) groups excluding carboxylic acids is 1. The number of ether oxygens (including phenoxy) is 3. The highest BCUT2D eigenvalue weighted by Gasteiger charge is 2.36. The zero-order valence-corrected chi connectivity index (χ0v) is 14.4. The summed E-state index contributed by atoms with van der Waals surface area (Å²) in [6.45, 7) is 4.63. The summed E-state index contributed by atoms with van der Waals surface area (Å²) in [6, 6.07) is 5.64. The summed E-state index contributed by atoms with van der Waals surface area (Å²) in [5.41, 5.74) is 0.665. The van der Waals surface area contributed by atoms with Crippen LogP contribution in [0.15, 0.2) is 18.2 Å². The van der Waals surface area contributed by atoms with Crippen molar-refractivity contribution < 1.29 is 19.0 Å². The molecule has 2 aliphatic rings. The fourth-order valence-electron chi connectivity index (χ4n) is 3.41. The number of hydrogen-bond acceptors (Lipinski definition) is 5. The van der Waals surface area contributed by atoms with Gasteiger partial charge in [0.25, 0.3) is 0 Å². The lowest BCUT2D eigenvalue weighted by Crippen LogP contribution is -2.45. The molecule has 2 saturated heterocycles. The molecular weight excluding hydrogens is 310 g/mol. The van der Waals surface area contributed by atoms with Gasteiger partial charge in [0.05, 0.1) is 26.9 Å². The van der Waals surface area contributed by atoms with Crippen molar-refractivity contribution in [2.75, 3.05) is 39.2 Å². The highest BCUT2D eigenvalue weighted by Crippen LogP contribution is 2.29. The van der Waals surface area contributed by atoms with Crippen molar-refractivity contribution in [3.63, 3.8) is 0 Å². The molecule has 24 heavy (non-hydrogen) atoms. The minimum atomic E-state index is -0.207. The molecule has 3 rings (SSSR count). The minimum Gasteiger partial charge on any atom is -0.493 e. The van der Waals surface area contributed by atoms with Gasteiger partial charge in [-0.2, -0.15) is 0 Å². The van der Waals surface area contributed by atoms with Gasteiger partial charge in [0.2, 0.25) is 0 Å². The summed E-state index contributed by atoms with van der Waals surface area (Å²) in [7, 11) is 3.15. The molecule has 1 aromatic rings. The Morgan fingerprint density at radius 1 is 1.25 bits per heavy atom. The molecule has 7 heteroatoms. The molecule has 1 aromatic carbocycles. The summed E-state index contributed by atoms with van der Waals surface area (Å²) in [4.78, 5) is 14.6. The summed E-state index contributed by atoms with van der Waals surface area (Å²) in [5, 5.41) is 5.89. The van der Waals surface area contributed by atoms with Crippen molar-refractivity contribution in [2.45, 2.75) is 31.5 Å². The maximum absolute atomic E-state index is 12.2. The van der Waals surface area contributed by atoms with Gasteiger partial charge < -0.3 is 24.8 Å². The van der Waals surface area contributed by atoms with Gasteiger partial charge in [-0.1, -0.05) is 0 Å². The molecule has 2 aliphatic heterocycles. The number of fused-ring (bicyclic) bond motifs is 1. The normalized spacial score (nSPS) is 26.5. The molecule has 0 aliphatic carbocycles. The zero-order valence-electron chi connectivity index (χ0n) is 14.4. The third-order valence-corrected chi connectivity index (χ3v) is 4.57. The third kappa shape index (κ3) is 3.73. The molecule has 0 unspecified atom stereocenters. The van der Waals surface area contributed by atoms with Gasteiger partial charge in [-0.25, -0.2) is 4.79 Å². The predicted octanol–water partition coefficient (Wildman–Crippen LogP) is 1.69. The van der Waals surface area contributed by atoms with E-state index in [2.05, 4.69) is 22.5 Å². The first kappa shape index (κ1) is 16.9. The van der Waals surface area contributed by atoms with Crippen LogP contribution in [0.1, 0.15) is 13.3 Å². The van der Waals surface area contributed by atoms with Crippen LogP contribution >= 0.6 is 0 Å². The molecule has 0 radical (unpaired) electrons. The third-order valence-electron chi connectivity index (χ3n) is 4.57. The summed E-state index contributed by atoms with van der Waals surface area (Å²) in [5.74, 6) is 1.21. The van der Waals surface area contributed by atoms with E-state index in [1.807, 2.05) is 0 Å². The first-order chi connectivity index (χ1) is 11.6. The number of carbonyl (C=O) groups is 1. The van der Waals surface area contributed by atoms with Crippen molar-refractivity contribution in [2.24, 2.45) is 0 Å². The first-order valence-electron chi connectivity index (χ1n) is 8.24. The van der Waals surface area contributed by atoms with Gasteiger partial charge in [-0.05, 0) is 25.5 Å². The van der Waals surface area contributed by atoms with E-state index in [1.165, 1.54) is 0 Å². The molecule has 0 aromatic heterocycles. The van der Waals surface area contributed by atoms with Crippen molar-refractivity contribution in [3.8, 4) is 11.5 Å². The van der Waals surface area contributed by atoms with Crippen LogP contribution in [0, 0.1) is 0 Å². The molecule has 2 amide bonds. The van der Waals surface area contributed by atoms with Crippen molar-refractivity contribution in [1.82, 2.24) is 10.2 Å². The smallest absolute Gasteiger partial charge is 0.319 e. The molecule has 2 fully saturated rings. The van der Waals surface area contributed by atoms with Crippen LogP contribution in [0.4, 0.5) is 10.5 Å². The Morgan fingerprint density at radius 3 is 2.79 bits per heavy atom. The average Bonchev–Trinajstić information content (AvgIpc) is 2.95. The quantitative estimate of drug-likeness (QED) is 0.876. The van der Waals surface area contributed by atoms with Crippen LogP contribution in [-0.2, 0) is 4.74 Å². The standard InChI is InChI=1S/C17H25N3O4/c1-11-8-20-9-13(6-14(20)10-24-11)19-17(21)18-12-4-5-15(22-2)16(7-12)23-3/h4-5,7,11,13-14H,6,8-10H2,1-3H3,(H2,18,19,21)/t11-,13-,14-/m0/s1. The summed E-state index contributed by atoms with van der Waals surface area (Å²) in [6.07, 6.45) is 1.19. The first-order valence-corrected chi connectivity index (χ1v) is 8.24. The van der Waals surface area contributed by atoms with Crippen molar-refractivity contribution in [1.29, 1.82) is 0 Å². The van der Waals surface area contributed by atoms with Crippen LogP contribution < -0.4 is 20.1 Å². The van der Waals surface area contributed by atoms with Gasteiger partial charge in [-0.15, -0.1) is 0 Å². The fourth-order valence-corrected chi connectivity index (χ4v) is 3.41. The molecule has 3 atom stereocenters. The lowest BCUT2D eigenvalue weighted by molar-refractivity contribution is -0.0390. The van der Waals surface area contributed by atoms with Crippen molar-refractivity contribution in [3.05, 3.63) is 18.2 Å². The summed E-state index contributed by atoms with van der Waals surface area (Å²) < 4.78 is 16.1. The predicted molar refractivity (Wildman–Crippen MR) is 90.9 cm³/mol. The molecule has 0 bridgehead atoms. The Bertz CT molecular complexity index is 595. The van der Waals surface area contributed by atoms with Crippen LogP contribution in [-0.4, -0.2) is 63.0 Å². The molecule has 2 heterocycles. The highest BCUT2D eigenvalue weighted by atomic mass is 16.5. The number of methoxy groups -OCH3 is 2. The van der Waals surface area contributed by atoms with Crippen LogP contribution in [0.5, 0.6) is 11.5 Å². The average molecular weight is 335 g/mol. The number of rotatable bonds is 4. The number of nitrogens with one attached hydrogen (secondary N) is 2. The number of nitrogens with zero attached hydrogens (tertiary/aromatic N) is 1. The van der Waals surface area contributed by atoms with Crippen LogP contribution in [0.3, 0.4) is 0 Å². The van der Waals surface area contributed by atoms with E-state index in [0.717, 1.165) is 26.1 Å². The molecule has 0 saturated carbocycles. The monoisotopic (exact) mass is 335 g/mol. The van der Waals surface area contributed by atoms with Crippen molar-refractivity contribution >= 4 is 11.7 Å². The molecule has 132 valence electrons. The van der Waals surface area contributed by atoms with Gasteiger partial charge >= 0.3 is 6.03 Å². The number of anilines is 1. The number of morpholine rings is 1. The second kappa shape index (κ2) is 7.27. The Kier molecular flexibility index (Phi) is 5.11. The number of benzene rings is 1. The van der Waals surface area contributed by atoms with Gasteiger partial charge in [0.15, 0.2) is 11.5 Å². The van der Waals surface area contributed by atoms with E-state index in [0.29, 0.717) is 23.2 Å². The zero-order chi connectivity index (χ0) is 17.1. The molecule has 0 spiro atoms. The highest BCUT2D eigenvalue weighted by molar-refractivity contribution is 5.89. The Hall–Kier alpha value is -1.99. The second-order valence-corrected chi connectivity index (χ2v) is 6.35. The van der Waals surface area contributed by atoms with Gasteiger partial charge in [0, 0.05) is 36.9 Å². The van der Waals surface area contributed by atoms with E-state index in [4.69, 9.17) is 14.2 Å². The topological polar surface area (TPSA) is 72.1 Å². The maximum Gasteiger partial charge on any atom is 0.319 e. The second-order valence-electron chi connectivity index (χ2n) is 6.35. The largest absolute Gasteiger partial charge is 0.493 e. The molecular formula is C17H25N3O4. The molecule has 2 N–H and O–H groups in total. The maximum atomic E-state index is 12.2. The fraction of sp³-hybridized carbons (Fsp3) is 0.588. The molecule has 7 nitrogen and oxygen atoms in total.